The number of amides is 3. The average molecular weight is 586 g/mol. The van der Waals surface area contributed by atoms with E-state index in [0.717, 1.165) is 0 Å². The molecule has 13 heteroatoms. The number of aliphatic carboxylic acids is 2. The number of benzene rings is 2. The zero-order valence-corrected chi connectivity index (χ0v) is 23.2. The molecule has 42 heavy (non-hydrogen) atoms. The van der Waals surface area contributed by atoms with E-state index in [-0.39, 0.29) is 37.9 Å². The number of phenols is 1. The molecule has 0 spiro atoms. The highest BCUT2D eigenvalue weighted by atomic mass is 16.4. The van der Waals surface area contributed by atoms with Crippen molar-refractivity contribution in [1.82, 2.24) is 16.0 Å². The van der Waals surface area contributed by atoms with Gasteiger partial charge in [-0.3, -0.25) is 19.2 Å². The topological polar surface area (TPSA) is 234 Å². The summed E-state index contributed by atoms with van der Waals surface area (Å²) in [5.41, 5.74) is 12.7. The number of carbonyl (C=O) groups excluding carboxylic acids is 3. The van der Waals surface area contributed by atoms with Crippen LogP contribution in [0.4, 0.5) is 0 Å². The first-order chi connectivity index (χ1) is 20.0. The van der Waals surface area contributed by atoms with Gasteiger partial charge in [0, 0.05) is 19.3 Å². The van der Waals surface area contributed by atoms with Crippen molar-refractivity contribution in [2.45, 2.75) is 69.1 Å². The fourth-order valence-corrected chi connectivity index (χ4v) is 4.12. The summed E-state index contributed by atoms with van der Waals surface area (Å²) < 4.78 is 0. The molecule has 0 saturated carbocycles. The minimum atomic E-state index is -1.32. The summed E-state index contributed by atoms with van der Waals surface area (Å²) in [6.07, 6.45) is 0.694. The first kappa shape index (κ1) is 33.7. The maximum Gasteiger partial charge on any atom is 0.326 e. The van der Waals surface area contributed by atoms with Crippen LogP contribution < -0.4 is 27.4 Å². The van der Waals surface area contributed by atoms with Crippen molar-refractivity contribution < 1.29 is 39.3 Å². The number of carboxylic acids is 2. The largest absolute Gasteiger partial charge is 0.508 e. The fourth-order valence-electron chi connectivity index (χ4n) is 4.12. The molecule has 4 unspecified atom stereocenters. The van der Waals surface area contributed by atoms with Crippen molar-refractivity contribution in [2.75, 3.05) is 6.54 Å². The van der Waals surface area contributed by atoms with Crippen LogP contribution in [-0.2, 0) is 36.8 Å². The summed E-state index contributed by atoms with van der Waals surface area (Å²) in [4.78, 5) is 62.3. The Labute approximate surface area is 243 Å². The van der Waals surface area contributed by atoms with Crippen molar-refractivity contribution in [3.63, 3.8) is 0 Å². The van der Waals surface area contributed by atoms with Gasteiger partial charge in [-0.05, 0) is 55.5 Å². The predicted octanol–water partition coefficient (Wildman–Crippen LogP) is 0.0375. The molecule has 0 heterocycles. The number of aromatic hydroxyl groups is 1. The molecule has 10 N–H and O–H groups in total. The Hall–Kier alpha value is -4.49. The second-order valence-corrected chi connectivity index (χ2v) is 9.91. The quantitative estimate of drug-likeness (QED) is 0.109. The van der Waals surface area contributed by atoms with Crippen LogP contribution in [0.5, 0.6) is 5.75 Å². The van der Waals surface area contributed by atoms with Crippen molar-refractivity contribution in [3.8, 4) is 5.75 Å². The van der Waals surface area contributed by atoms with Crippen LogP contribution in [0, 0.1) is 0 Å². The molecular formula is C29H39N5O8. The molecule has 0 bridgehead atoms. The van der Waals surface area contributed by atoms with Gasteiger partial charge in [-0.25, -0.2) is 4.79 Å². The Balaban J connectivity index is 2.21. The van der Waals surface area contributed by atoms with Gasteiger partial charge in [-0.1, -0.05) is 42.5 Å². The summed E-state index contributed by atoms with van der Waals surface area (Å²) in [6.45, 7) is 0.349. The smallest absolute Gasteiger partial charge is 0.326 e. The van der Waals surface area contributed by atoms with Gasteiger partial charge < -0.3 is 42.7 Å². The number of hydrogen-bond donors (Lipinski definition) is 8. The third-order valence-corrected chi connectivity index (χ3v) is 6.49. The Morgan fingerprint density at radius 1 is 0.690 bits per heavy atom. The standard InChI is InChI=1S/C29H39N5O8/c30-15-5-4-8-22(27(39)34-24(29(41)42)17-19-9-11-20(35)12-10-19)32-28(40)23(16-18-6-2-1-3-7-18)33-26(38)21(31)13-14-25(36)37/h1-3,6-7,9-12,21-24,35H,4-5,8,13-17,30-31H2,(H,32,40)(H,33,38)(H,34,39)(H,36,37)(H,41,42). The van der Waals surface area contributed by atoms with E-state index in [2.05, 4.69) is 16.0 Å². The third-order valence-electron chi connectivity index (χ3n) is 6.49. The molecule has 2 rings (SSSR count). The van der Waals surface area contributed by atoms with E-state index in [0.29, 0.717) is 30.5 Å². The SMILES string of the molecule is NCCCCC(NC(=O)C(Cc1ccccc1)NC(=O)C(N)CCC(=O)O)C(=O)NC(Cc1ccc(O)cc1)C(=O)O. The molecule has 0 aromatic heterocycles. The van der Waals surface area contributed by atoms with Gasteiger partial charge in [0.15, 0.2) is 0 Å². The highest BCUT2D eigenvalue weighted by Crippen LogP contribution is 2.12. The van der Waals surface area contributed by atoms with E-state index >= 15 is 0 Å². The van der Waals surface area contributed by atoms with Crippen molar-refractivity contribution in [2.24, 2.45) is 11.5 Å². The molecule has 2 aromatic carbocycles. The minimum absolute atomic E-state index is 0.0114. The van der Waals surface area contributed by atoms with Gasteiger partial charge >= 0.3 is 11.9 Å². The van der Waals surface area contributed by atoms with Crippen LogP contribution in [-0.4, -0.2) is 75.7 Å². The van der Waals surface area contributed by atoms with Crippen molar-refractivity contribution in [1.29, 1.82) is 0 Å². The number of hydrogen-bond acceptors (Lipinski definition) is 8. The summed E-state index contributed by atoms with van der Waals surface area (Å²) in [5.74, 6) is -4.54. The maximum atomic E-state index is 13.5. The summed E-state index contributed by atoms with van der Waals surface area (Å²) >= 11 is 0. The van der Waals surface area contributed by atoms with Crippen molar-refractivity contribution >= 4 is 29.7 Å². The predicted molar refractivity (Wildman–Crippen MR) is 153 cm³/mol. The molecule has 0 radical (unpaired) electrons. The monoisotopic (exact) mass is 585 g/mol. The summed E-state index contributed by atoms with van der Waals surface area (Å²) in [5, 5.41) is 35.8. The number of phenolic OH excluding ortho intramolecular Hbond substituents is 1. The first-order valence-electron chi connectivity index (χ1n) is 13.6. The highest BCUT2D eigenvalue weighted by Gasteiger charge is 2.30. The second-order valence-electron chi connectivity index (χ2n) is 9.91. The Bertz CT molecular complexity index is 1190. The zero-order chi connectivity index (χ0) is 31.1. The molecule has 228 valence electrons. The van der Waals surface area contributed by atoms with Gasteiger partial charge in [0.05, 0.1) is 6.04 Å². The minimum Gasteiger partial charge on any atom is -0.508 e. The Kier molecular flexibility index (Phi) is 13.9. The van der Waals surface area contributed by atoms with Gasteiger partial charge in [-0.15, -0.1) is 0 Å². The third kappa shape index (κ3) is 11.9. The molecule has 2 aromatic rings. The maximum absolute atomic E-state index is 13.5. The van der Waals surface area contributed by atoms with E-state index in [1.54, 1.807) is 30.3 Å². The van der Waals surface area contributed by atoms with Gasteiger partial charge in [0.1, 0.15) is 23.9 Å². The fraction of sp³-hybridized carbons (Fsp3) is 0.414. The molecule has 0 fully saturated rings. The molecule has 13 nitrogen and oxygen atoms in total. The average Bonchev–Trinajstić information content (AvgIpc) is 2.96. The Morgan fingerprint density at radius 2 is 1.24 bits per heavy atom. The molecule has 3 amide bonds. The van der Waals surface area contributed by atoms with Crippen LogP contribution >= 0.6 is 0 Å². The number of rotatable bonds is 18. The van der Waals surface area contributed by atoms with Crippen LogP contribution in [0.3, 0.4) is 0 Å². The lowest BCUT2D eigenvalue weighted by Crippen LogP contribution is -2.57. The van der Waals surface area contributed by atoms with Crippen LogP contribution in [0.2, 0.25) is 0 Å². The normalized spacial score (nSPS) is 13.7. The molecular weight excluding hydrogens is 546 g/mol. The lowest BCUT2D eigenvalue weighted by molar-refractivity contribution is -0.142. The summed E-state index contributed by atoms with van der Waals surface area (Å²) in [6, 6.07) is 9.90. The van der Waals surface area contributed by atoms with E-state index in [4.69, 9.17) is 16.6 Å². The van der Waals surface area contributed by atoms with Crippen molar-refractivity contribution in [3.05, 3.63) is 65.7 Å². The van der Waals surface area contributed by atoms with E-state index < -0.39 is 53.8 Å². The molecule has 0 aliphatic rings. The van der Waals surface area contributed by atoms with Crippen LogP contribution in [0.1, 0.15) is 43.2 Å². The van der Waals surface area contributed by atoms with E-state index in [9.17, 15) is 34.2 Å². The van der Waals surface area contributed by atoms with E-state index in [1.165, 1.54) is 24.3 Å². The van der Waals surface area contributed by atoms with E-state index in [1.807, 2.05) is 0 Å². The number of nitrogens with two attached hydrogens (primary N) is 2. The molecule has 0 aliphatic heterocycles. The van der Waals surface area contributed by atoms with Gasteiger partial charge in [-0.2, -0.15) is 0 Å². The lowest BCUT2D eigenvalue weighted by atomic mass is 10.0. The first-order valence-corrected chi connectivity index (χ1v) is 13.6. The Morgan fingerprint density at radius 3 is 1.83 bits per heavy atom. The molecule has 0 saturated heterocycles. The number of carbonyl (C=O) groups is 5. The number of nitrogens with one attached hydrogen (secondary N) is 3. The molecule has 4 atom stereocenters. The highest BCUT2D eigenvalue weighted by molar-refractivity contribution is 5.94. The van der Waals surface area contributed by atoms with Gasteiger partial charge in [0.2, 0.25) is 17.7 Å². The second kappa shape index (κ2) is 17.4. The zero-order valence-electron chi connectivity index (χ0n) is 23.2. The van der Waals surface area contributed by atoms with Crippen LogP contribution in [0.15, 0.2) is 54.6 Å². The number of unbranched alkanes of at least 4 members (excludes halogenated alkanes) is 1. The van der Waals surface area contributed by atoms with Crippen LogP contribution in [0.25, 0.3) is 0 Å². The summed E-state index contributed by atoms with van der Waals surface area (Å²) in [7, 11) is 0. The molecule has 0 aliphatic carbocycles. The number of carboxylic acid groups (broad SMARTS) is 2. The van der Waals surface area contributed by atoms with Gasteiger partial charge in [0.25, 0.3) is 0 Å². The lowest BCUT2D eigenvalue weighted by Gasteiger charge is -2.25.